The topological polar surface area (TPSA) is 104 Å². The van der Waals surface area contributed by atoms with Gasteiger partial charge in [-0.1, -0.05) is 6.07 Å². The van der Waals surface area contributed by atoms with Gasteiger partial charge < -0.3 is 15.5 Å². The van der Waals surface area contributed by atoms with Crippen LogP contribution in [0.3, 0.4) is 0 Å². The zero-order chi connectivity index (χ0) is 16.0. The van der Waals surface area contributed by atoms with Gasteiger partial charge in [-0.2, -0.15) is 0 Å². The molecule has 3 N–H and O–H groups in total. The minimum atomic E-state index is -1.37. The van der Waals surface area contributed by atoms with E-state index in [1.54, 1.807) is 0 Å². The summed E-state index contributed by atoms with van der Waals surface area (Å²) in [6.45, 7) is 0. The summed E-state index contributed by atoms with van der Waals surface area (Å²) in [6, 6.07) is 1.54. The van der Waals surface area contributed by atoms with Crippen LogP contribution in [0.4, 0.5) is 8.78 Å². The zero-order valence-electron chi connectivity index (χ0n) is 10.8. The number of carboxylic acids is 2. The van der Waals surface area contributed by atoms with E-state index in [-0.39, 0.29) is 18.4 Å². The monoisotopic (exact) mass is 301 g/mol. The van der Waals surface area contributed by atoms with E-state index in [0.717, 1.165) is 12.1 Å². The maximum absolute atomic E-state index is 13.0. The van der Waals surface area contributed by atoms with E-state index in [9.17, 15) is 23.2 Å². The Kier molecular flexibility index (Phi) is 5.77. The second kappa shape index (κ2) is 7.32. The Balaban J connectivity index is 2.62. The van der Waals surface area contributed by atoms with Crippen LogP contribution in [0.1, 0.15) is 18.4 Å². The molecule has 1 rings (SSSR count). The summed E-state index contributed by atoms with van der Waals surface area (Å²) in [5.74, 6) is -5.44. The SMILES string of the molecule is O=C(O)CC[C@H](NC(=O)Cc1ccc(F)c(F)c1)C(=O)O. The van der Waals surface area contributed by atoms with Crippen molar-refractivity contribution >= 4 is 17.8 Å². The number of benzene rings is 1. The largest absolute Gasteiger partial charge is 0.481 e. The molecule has 8 heteroatoms. The first kappa shape index (κ1) is 16.5. The number of carboxylic acid groups (broad SMARTS) is 2. The molecule has 0 aliphatic heterocycles. The summed E-state index contributed by atoms with van der Waals surface area (Å²) >= 11 is 0. The number of carbonyl (C=O) groups is 3. The average Bonchev–Trinajstić information content (AvgIpc) is 2.38. The molecule has 21 heavy (non-hydrogen) atoms. The van der Waals surface area contributed by atoms with Gasteiger partial charge in [0, 0.05) is 6.42 Å². The molecule has 0 saturated carbocycles. The minimum Gasteiger partial charge on any atom is -0.481 e. The van der Waals surface area contributed by atoms with Crippen LogP contribution in [-0.2, 0) is 20.8 Å². The molecule has 1 atom stereocenters. The fourth-order valence-corrected chi connectivity index (χ4v) is 1.61. The molecule has 0 bridgehead atoms. The Bertz CT molecular complexity index is 561. The summed E-state index contributed by atoms with van der Waals surface area (Å²) in [5.41, 5.74) is 0.175. The van der Waals surface area contributed by atoms with E-state index < -0.39 is 41.9 Å². The zero-order valence-corrected chi connectivity index (χ0v) is 10.8. The van der Waals surface area contributed by atoms with E-state index in [4.69, 9.17) is 10.2 Å². The average molecular weight is 301 g/mol. The number of aliphatic carboxylic acids is 2. The van der Waals surface area contributed by atoms with Crippen LogP contribution in [-0.4, -0.2) is 34.1 Å². The van der Waals surface area contributed by atoms with Gasteiger partial charge in [-0.05, 0) is 24.1 Å². The third-order valence-corrected chi connectivity index (χ3v) is 2.63. The molecule has 0 radical (unpaired) electrons. The van der Waals surface area contributed by atoms with Crippen LogP contribution >= 0.6 is 0 Å². The molecule has 6 nitrogen and oxygen atoms in total. The molecule has 0 saturated heterocycles. The highest BCUT2D eigenvalue weighted by atomic mass is 19.2. The third-order valence-electron chi connectivity index (χ3n) is 2.63. The van der Waals surface area contributed by atoms with Crippen LogP contribution in [0.15, 0.2) is 18.2 Å². The van der Waals surface area contributed by atoms with Crippen molar-refractivity contribution in [1.29, 1.82) is 0 Å². The van der Waals surface area contributed by atoms with Crippen molar-refractivity contribution in [1.82, 2.24) is 5.32 Å². The second-order valence-electron chi connectivity index (χ2n) is 4.32. The first-order valence-electron chi connectivity index (χ1n) is 5.97. The second-order valence-corrected chi connectivity index (χ2v) is 4.32. The summed E-state index contributed by atoms with van der Waals surface area (Å²) in [4.78, 5) is 32.9. The van der Waals surface area contributed by atoms with Gasteiger partial charge in [-0.15, -0.1) is 0 Å². The molecule has 1 aromatic carbocycles. The Hall–Kier alpha value is -2.51. The van der Waals surface area contributed by atoms with Crippen molar-refractivity contribution < 1.29 is 33.4 Å². The molecule has 0 unspecified atom stereocenters. The van der Waals surface area contributed by atoms with Crippen molar-refractivity contribution in [2.45, 2.75) is 25.3 Å². The summed E-state index contributed by atoms with van der Waals surface area (Å²) < 4.78 is 25.7. The van der Waals surface area contributed by atoms with Gasteiger partial charge in [0.25, 0.3) is 0 Å². The van der Waals surface area contributed by atoms with E-state index in [1.807, 2.05) is 0 Å². The quantitative estimate of drug-likeness (QED) is 0.695. The molecular formula is C13H13F2NO5. The van der Waals surface area contributed by atoms with Crippen molar-refractivity contribution in [3.63, 3.8) is 0 Å². The van der Waals surface area contributed by atoms with Crippen LogP contribution in [0.2, 0.25) is 0 Å². The molecule has 1 amide bonds. The van der Waals surface area contributed by atoms with Crippen molar-refractivity contribution in [3.8, 4) is 0 Å². The van der Waals surface area contributed by atoms with Gasteiger partial charge in [-0.3, -0.25) is 9.59 Å². The van der Waals surface area contributed by atoms with Crippen LogP contribution in [0, 0.1) is 11.6 Å². The minimum absolute atomic E-state index is 0.175. The number of nitrogens with one attached hydrogen (secondary N) is 1. The Morgan fingerprint density at radius 3 is 2.33 bits per heavy atom. The van der Waals surface area contributed by atoms with E-state index >= 15 is 0 Å². The standard InChI is InChI=1S/C13H13F2NO5/c14-8-2-1-7(5-9(8)15)6-11(17)16-10(13(20)21)3-4-12(18)19/h1-2,5,10H,3-4,6H2,(H,16,17)(H,18,19)(H,20,21)/t10-/m0/s1. The fraction of sp³-hybridized carbons (Fsp3) is 0.308. The van der Waals surface area contributed by atoms with Gasteiger partial charge in [0.05, 0.1) is 6.42 Å². The number of halogens is 2. The number of rotatable bonds is 7. The van der Waals surface area contributed by atoms with Crippen molar-refractivity contribution in [3.05, 3.63) is 35.4 Å². The fourth-order valence-electron chi connectivity index (χ4n) is 1.61. The first-order valence-corrected chi connectivity index (χ1v) is 5.97. The molecule has 0 aliphatic rings. The predicted octanol–water partition coefficient (Wildman–Crippen LogP) is 0.942. The molecular weight excluding hydrogens is 288 g/mol. The Labute approximate surface area is 118 Å². The lowest BCUT2D eigenvalue weighted by molar-refractivity contribution is -0.143. The van der Waals surface area contributed by atoms with Crippen molar-refractivity contribution in [2.24, 2.45) is 0 Å². The Morgan fingerprint density at radius 1 is 1.14 bits per heavy atom. The lowest BCUT2D eigenvalue weighted by Crippen LogP contribution is -2.41. The smallest absolute Gasteiger partial charge is 0.326 e. The summed E-state index contributed by atoms with van der Waals surface area (Å²) in [6.07, 6.45) is -1.02. The van der Waals surface area contributed by atoms with Gasteiger partial charge in [-0.25, -0.2) is 13.6 Å². The number of amides is 1. The maximum Gasteiger partial charge on any atom is 0.326 e. The van der Waals surface area contributed by atoms with Crippen molar-refractivity contribution in [2.75, 3.05) is 0 Å². The molecule has 0 fully saturated rings. The van der Waals surface area contributed by atoms with E-state index in [1.165, 1.54) is 6.07 Å². The third kappa shape index (κ3) is 5.55. The highest BCUT2D eigenvalue weighted by molar-refractivity contribution is 5.85. The maximum atomic E-state index is 13.0. The molecule has 0 spiro atoms. The molecule has 0 aliphatic carbocycles. The van der Waals surface area contributed by atoms with Gasteiger partial charge in [0.1, 0.15) is 6.04 Å². The van der Waals surface area contributed by atoms with E-state index in [0.29, 0.717) is 0 Å². The van der Waals surface area contributed by atoms with E-state index in [2.05, 4.69) is 5.32 Å². The lowest BCUT2D eigenvalue weighted by Gasteiger charge is -2.13. The van der Waals surface area contributed by atoms with Gasteiger partial charge >= 0.3 is 11.9 Å². The molecule has 114 valence electrons. The van der Waals surface area contributed by atoms with Gasteiger partial charge in [0.2, 0.25) is 5.91 Å². The molecule has 1 aromatic rings. The highest BCUT2D eigenvalue weighted by Crippen LogP contribution is 2.09. The lowest BCUT2D eigenvalue weighted by atomic mass is 10.1. The number of hydrogen-bond acceptors (Lipinski definition) is 3. The summed E-state index contributed by atoms with van der Waals surface area (Å²) in [5, 5.41) is 19.5. The van der Waals surface area contributed by atoms with Crippen LogP contribution < -0.4 is 5.32 Å². The first-order chi connectivity index (χ1) is 9.79. The highest BCUT2D eigenvalue weighted by Gasteiger charge is 2.21. The molecule has 0 aromatic heterocycles. The number of hydrogen-bond donors (Lipinski definition) is 3. The molecule has 0 heterocycles. The number of carbonyl (C=O) groups excluding carboxylic acids is 1. The normalized spacial score (nSPS) is 11.7. The van der Waals surface area contributed by atoms with Crippen LogP contribution in [0.25, 0.3) is 0 Å². The van der Waals surface area contributed by atoms with Crippen LogP contribution in [0.5, 0.6) is 0 Å². The Morgan fingerprint density at radius 2 is 1.81 bits per heavy atom. The predicted molar refractivity (Wildman–Crippen MR) is 66.5 cm³/mol. The van der Waals surface area contributed by atoms with Gasteiger partial charge in [0.15, 0.2) is 11.6 Å². The summed E-state index contributed by atoms with van der Waals surface area (Å²) in [7, 11) is 0.